The summed E-state index contributed by atoms with van der Waals surface area (Å²) in [6.07, 6.45) is 8.48. The maximum atomic E-state index is 5.58. The number of rotatable bonds is 3. The number of hydrogen-bond acceptors (Lipinski definition) is 4. The first-order valence-corrected chi connectivity index (χ1v) is 7.05. The van der Waals surface area contributed by atoms with Gasteiger partial charge in [0.15, 0.2) is 0 Å². The minimum absolute atomic E-state index is 0.476. The molecule has 2 N–H and O–H groups in total. The standard InChI is InChI=1S/C14H26N4/c1-17-10-6-12(7-11-17)16-13(5-8-15)14-4-3-9-18(14)2/h5,8,12,14H,3-4,6-7,9-11,15H2,1-2H3/b8-5-,16-13?. The summed E-state index contributed by atoms with van der Waals surface area (Å²) in [7, 11) is 4.37. The largest absolute Gasteiger partial charge is 0.405 e. The van der Waals surface area contributed by atoms with E-state index in [1.54, 1.807) is 6.20 Å². The molecule has 0 radical (unpaired) electrons. The molecule has 2 rings (SSSR count). The molecule has 0 aromatic heterocycles. The van der Waals surface area contributed by atoms with Crippen molar-refractivity contribution in [3.05, 3.63) is 12.3 Å². The molecular formula is C14H26N4. The molecule has 0 spiro atoms. The number of hydrogen-bond donors (Lipinski definition) is 1. The van der Waals surface area contributed by atoms with Gasteiger partial charge in [-0.1, -0.05) is 0 Å². The van der Waals surface area contributed by atoms with Crippen molar-refractivity contribution in [3.8, 4) is 0 Å². The molecule has 1 atom stereocenters. The maximum Gasteiger partial charge on any atom is 0.0537 e. The minimum Gasteiger partial charge on any atom is -0.405 e. The monoisotopic (exact) mass is 250 g/mol. The van der Waals surface area contributed by atoms with Crippen molar-refractivity contribution >= 4 is 5.71 Å². The van der Waals surface area contributed by atoms with Crippen LogP contribution in [0.4, 0.5) is 0 Å². The smallest absolute Gasteiger partial charge is 0.0537 e. The Morgan fingerprint density at radius 3 is 2.44 bits per heavy atom. The molecule has 0 bridgehead atoms. The summed E-state index contributed by atoms with van der Waals surface area (Å²) < 4.78 is 0. The van der Waals surface area contributed by atoms with Crippen molar-refractivity contribution in [2.24, 2.45) is 10.7 Å². The quantitative estimate of drug-likeness (QED) is 0.763. The Morgan fingerprint density at radius 1 is 1.17 bits per heavy atom. The van der Waals surface area contributed by atoms with E-state index in [9.17, 15) is 0 Å². The van der Waals surface area contributed by atoms with Crippen molar-refractivity contribution in [3.63, 3.8) is 0 Å². The summed E-state index contributed by atoms with van der Waals surface area (Å²) in [5.41, 5.74) is 6.77. The highest BCUT2D eigenvalue weighted by atomic mass is 15.2. The zero-order valence-corrected chi connectivity index (χ0v) is 11.7. The van der Waals surface area contributed by atoms with Crippen LogP contribution in [0.3, 0.4) is 0 Å². The second-order valence-corrected chi connectivity index (χ2v) is 5.59. The maximum absolute atomic E-state index is 5.58. The zero-order chi connectivity index (χ0) is 13.0. The highest BCUT2D eigenvalue weighted by Crippen LogP contribution is 2.19. The van der Waals surface area contributed by atoms with Crippen LogP contribution in [0.15, 0.2) is 17.3 Å². The average molecular weight is 250 g/mol. The first-order valence-electron chi connectivity index (χ1n) is 7.05. The molecule has 0 amide bonds. The van der Waals surface area contributed by atoms with Crippen LogP contribution in [0, 0.1) is 0 Å². The predicted octanol–water partition coefficient (Wildman–Crippen LogP) is 1.09. The van der Waals surface area contributed by atoms with Crippen molar-refractivity contribution in [2.45, 2.75) is 37.8 Å². The van der Waals surface area contributed by atoms with Gasteiger partial charge in [-0.05, 0) is 71.7 Å². The molecular weight excluding hydrogens is 224 g/mol. The van der Waals surface area contributed by atoms with Crippen molar-refractivity contribution in [1.29, 1.82) is 0 Å². The second-order valence-electron chi connectivity index (χ2n) is 5.59. The molecule has 2 aliphatic rings. The van der Waals surface area contributed by atoms with Gasteiger partial charge in [0.25, 0.3) is 0 Å². The Hall–Kier alpha value is -0.870. The predicted molar refractivity (Wildman–Crippen MR) is 76.9 cm³/mol. The summed E-state index contributed by atoms with van der Waals surface area (Å²) in [6.45, 7) is 3.50. The molecule has 2 aliphatic heterocycles. The minimum atomic E-state index is 0.476. The summed E-state index contributed by atoms with van der Waals surface area (Å²) in [5.74, 6) is 0. The third-order valence-electron chi connectivity index (χ3n) is 4.15. The van der Waals surface area contributed by atoms with Crippen LogP contribution in [0.1, 0.15) is 25.7 Å². The van der Waals surface area contributed by atoms with Gasteiger partial charge in [-0.2, -0.15) is 0 Å². The Kier molecular flexibility index (Phi) is 4.78. The number of likely N-dealkylation sites (tertiary alicyclic amines) is 2. The van der Waals surface area contributed by atoms with Gasteiger partial charge in [-0.25, -0.2) is 0 Å². The van der Waals surface area contributed by atoms with Crippen LogP contribution >= 0.6 is 0 Å². The van der Waals surface area contributed by atoms with Crippen LogP contribution in [0.5, 0.6) is 0 Å². The Labute approximate surface area is 111 Å². The molecule has 1 unspecified atom stereocenters. The highest BCUT2D eigenvalue weighted by molar-refractivity contribution is 5.99. The van der Waals surface area contributed by atoms with Gasteiger partial charge in [0.1, 0.15) is 0 Å². The summed E-state index contributed by atoms with van der Waals surface area (Å²) in [4.78, 5) is 9.75. The lowest BCUT2D eigenvalue weighted by Gasteiger charge is -2.28. The molecule has 0 aliphatic carbocycles. The first kappa shape index (κ1) is 13.6. The molecule has 4 nitrogen and oxygen atoms in total. The fourth-order valence-electron chi connectivity index (χ4n) is 2.96. The van der Waals surface area contributed by atoms with E-state index in [1.807, 2.05) is 6.08 Å². The lowest BCUT2D eigenvalue weighted by Crippen LogP contribution is -2.36. The van der Waals surface area contributed by atoms with E-state index in [1.165, 1.54) is 37.9 Å². The lowest BCUT2D eigenvalue weighted by molar-refractivity contribution is 0.256. The molecule has 2 saturated heterocycles. The summed E-state index contributed by atoms with van der Waals surface area (Å²) in [5, 5.41) is 0. The number of piperidine rings is 1. The Bertz CT molecular complexity index is 316. The molecule has 2 heterocycles. The Morgan fingerprint density at radius 2 is 1.89 bits per heavy atom. The molecule has 4 heteroatoms. The van der Waals surface area contributed by atoms with Gasteiger partial charge in [0.05, 0.1) is 17.8 Å². The van der Waals surface area contributed by atoms with Crippen LogP contribution in [-0.4, -0.2) is 61.3 Å². The Balaban J connectivity index is 2.04. The fourth-order valence-corrected chi connectivity index (χ4v) is 2.96. The van der Waals surface area contributed by atoms with E-state index < -0.39 is 0 Å². The molecule has 0 aromatic rings. The van der Waals surface area contributed by atoms with Crippen molar-refractivity contribution in [1.82, 2.24) is 9.80 Å². The van der Waals surface area contributed by atoms with Gasteiger partial charge < -0.3 is 10.6 Å². The van der Waals surface area contributed by atoms with E-state index in [4.69, 9.17) is 10.7 Å². The lowest BCUT2D eigenvalue weighted by atomic mass is 10.0. The zero-order valence-electron chi connectivity index (χ0n) is 11.7. The highest BCUT2D eigenvalue weighted by Gasteiger charge is 2.25. The van der Waals surface area contributed by atoms with Gasteiger partial charge in [-0.15, -0.1) is 0 Å². The normalized spacial score (nSPS) is 29.4. The van der Waals surface area contributed by atoms with Gasteiger partial charge in [-0.3, -0.25) is 9.89 Å². The van der Waals surface area contributed by atoms with Crippen molar-refractivity contribution in [2.75, 3.05) is 33.7 Å². The van der Waals surface area contributed by atoms with Crippen LogP contribution < -0.4 is 5.73 Å². The first-order chi connectivity index (χ1) is 8.70. The molecule has 18 heavy (non-hydrogen) atoms. The van der Waals surface area contributed by atoms with Gasteiger partial charge in [0.2, 0.25) is 0 Å². The van der Waals surface area contributed by atoms with Crippen LogP contribution in [-0.2, 0) is 0 Å². The topological polar surface area (TPSA) is 44.9 Å². The van der Waals surface area contributed by atoms with E-state index in [2.05, 4.69) is 23.9 Å². The molecule has 102 valence electrons. The average Bonchev–Trinajstić information content (AvgIpc) is 2.78. The van der Waals surface area contributed by atoms with Crippen LogP contribution in [0.2, 0.25) is 0 Å². The van der Waals surface area contributed by atoms with E-state index in [-0.39, 0.29) is 0 Å². The van der Waals surface area contributed by atoms with Crippen molar-refractivity contribution < 1.29 is 0 Å². The summed E-state index contributed by atoms with van der Waals surface area (Å²) in [6, 6.07) is 0.964. The van der Waals surface area contributed by atoms with E-state index in [0.717, 1.165) is 13.1 Å². The summed E-state index contributed by atoms with van der Waals surface area (Å²) >= 11 is 0. The van der Waals surface area contributed by atoms with E-state index >= 15 is 0 Å². The van der Waals surface area contributed by atoms with Gasteiger partial charge in [0, 0.05) is 0 Å². The molecule has 0 aromatic carbocycles. The SMILES string of the molecule is CN1CCC(N=C(/C=C\N)C2CCCN2C)CC1. The van der Waals surface area contributed by atoms with Gasteiger partial charge >= 0.3 is 0 Å². The molecule has 0 saturated carbocycles. The number of nitrogens with zero attached hydrogens (tertiary/aromatic N) is 3. The third kappa shape index (κ3) is 3.33. The number of nitrogens with two attached hydrogens (primary N) is 1. The third-order valence-corrected chi connectivity index (χ3v) is 4.15. The number of aliphatic imine (C=N–C) groups is 1. The van der Waals surface area contributed by atoms with E-state index in [0.29, 0.717) is 12.1 Å². The van der Waals surface area contributed by atoms with Crippen LogP contribution in [0.25, 0.3) is 0 Å². The molecule has 2 fully saturated rings. The fraction of sp³-hybridized carbons (Fsp3) is 0.786. The second kappa shape index (κ2) is 6.34.